The van der Waals surface area contributed by atoms with Crippen molar-refractivity contribution in [3.63, 3.8) is 0 Å². The van der Waals surface area contributed by atoms with Crippen LogP contribution in [0.2, 0.25) is 0 Å². The van der Waals surface area contributed by atoms with E-state index in [1.165, 1.54) is 41.9 Å². The number of benzene rings is 1. The molecule has 5 fully saturated rings. The molecule has 15 nitrogen and oxygen atoms in total. The number of rotatable bonds is 13. The van der Waals surface area contributed by atoms with Gasteiger partial charge >= 0.3 is 29.8 Å². The van der Waals surface area contributed by atoms with Crippen LogP contribution in [0.1, 0.15) is 87.1 Å². The van der Waals surface area contributed by atoms with Crippen LogP contribution in [0.15, 0.2) is 28.7 Å². The van der Waals surface area contributed by atoms with Gasteiger partial charge in [0.2, 0.25) is 5.60 Å². The lowest BCUT2D eigenvalue weighted by Gasteiger charge is -2.75. The first kappa shape index (κ1) is 47.3. The van der Waals surface area contributed by atoms with Crippen molar-refractivity contribution in [2.24, 2.45) is 45.3 Å². The number of halogens is 1. The number of carbonyl (C=O) groups is 5. The highest BCUT2D eigenvalue weighted by molar-refractivity contribution is 9.10. The Kier molecular flexibility index (Phi) is 13.0. The van der Waals surface area contributed by atoms with E-state index in [1.54, 1.807) is 14.0 Å². The lowest BCUT2D eigenvalue weighted by molar-refractivity contribution is -0.366. The van der Waals surface area contributed by atoms with Gasteiger partial charge in [-0.05, 0) is 62.0 Å². The van der Waals surface area contributed by atoms with Crippen molar-refractivity contribution in [3.8, 4) is 0 Å². The van der Waals surface area contributed by atoms with Crippen LogP contribution in [0, 0.1) is 45.3 Å². The molecule has 4 saturated carbocycles. The Labute approximate surface area is 366 Å². The number of methoxy groups -OCH3 is 3. The summed E-state index contributed by atoms with van der Waals surface area (Å²) in [7, 11) is 4.34. The quantitative estimate of drug-likeness (QED) is 0.156. The monoisotopic (exact) mass is 922 g/mol. The van der Waals surface area contributed by atoms with E-state index in [-0.39, 0.29) is 32.2 Å². The number of fused-ring (bicyclic) bond motifs is 7. The molecule has 16 heteroatoms. The van der Waals surface area contributed by atoms with Gasteiger partial charge in [-0.25, -0.2) is 4.79 Å². The number of epoxide rings is 1. The molecule has 0 spiro atoms. The van der Waals surface area contributed by atoms with Crippen molar-refractivity contribution < 1.29 is 71.7 Å². The molecule has 340 valence electrons. The smallest absolute Gasteiger partial charge is 0.341 e. The van der Waals surface area contributed by atoms with E-state index in [0.717, 1.165) is 10.0 Å². The Bertz CT molecular complexity index is 1890. The van der Waals surface area contributed by atoms with E-state index in [4.69, 9.17) is 42.6 Å². The zero-order valence-electron chi connectivity index (χ0n) is 37.4. The molecule has 1 N–H and O–H groups in total. The zero-order chi connectivity index (χ0) is 45.2. The summed E-state index contributed by atoms with van der Waals surface area (Å²) >= 11 is 3.62. The summed E-state index contributed by atoms with van der Waals surface area (Å²) in [6.45, 7) is 14.5. The maximum atomic E-state index is 14.1. The number of ether oxygens (including phenoxy) is 9. The Morgan fingerprint density at radius 1 is 0.869 bits per heavy atom. The van der Waals surface area contributed by atoms with Gasteiger partial charge in [0, 0.05) is 63.6 Å². The Balaban J connectivity index is 1.67. The molecule has 0 radical (unpaired) electrons. The molecule has 1 aliphatic heterocycles. The molecule has 1 saturated heterocycles. The molecular weight excluding hydrogens is 860 g/mol. The molecule has 1 aromatic carbocycles. The van der Waals surface area contributed by atoms with E-state index in [9.17, 15) is 29.1 Å². The van der Waals surface area contributed by atoms with Gasteiger partial charge in [0.1, 0.15) is 24.4 Å². The first-order valence-electron chi connectivity index (χ1n) is 21.0. The van der Waals surface area contributed by atoms with Crippen molar-refractivity contribution in [2.75, 3.05) is 34.5 Å². The van der Waals surface area contributed by atoms with Crippen molar-refractivity contribution in [1.82, 2.24) is 0 Å². The lowest BCUT2D eigenvalue weighted by atomic mass is 9.31. The average molecular weight is 924 g/mol. The molecule has 0 bridgehead atoms. The molecule has 61 heavy (non-hydrogen) atoms. The molecule has 1 aromatic rings. The van der Waals surface area contributed by atoms with Crippen LogP contribution in [0.5, 0.6) is 0 Å². The second-order valence-electron chi connectivity index (χ2n) is 18.8. The summed E-state index contributed by atoms with van der Waals surface area (Å²) < 4.78 is 57.2. The van der Waals surface area contributed by atoms with Crippen LogP contribution in [-0.2, 0) is 73.2 Å². The van der Waals surface area contributed by atoms with Gasteiger partial charge in [-0.1, -0.05) is 54.9 Å². The van der Waals surface area contributed by atoms with Crippen molar-refractivity contribution in [1.29, 1.82) is 0 Å². The van der Waals surface area contributed by atoms with Crippen molar-refractivity contribution in [2.45, 2.75) is 136 Å². The SMILES string of the molecule is COC[C@H]1[C@]2(C)CC[C@@H]3[C@](C)([C@H](OC(C)=O)[C@H](OC(C)=O)[C@]4(C)[C@@]3(O)C[C@H](C)[C@H]3O[C@]34C(=O)OC)[C@H]2[C@H](OC(C)=O)[C@H](OC(C)=O)[C@]1(COC)[C@@H](C)OCc1ccccc1Br. The van der Waals surface area contributed by atoms with E-state index >= 15 is 0 Å². The number of carbonyl (C=O) groups excluding carboxylic acids is 5. The fourth-order valence-corrected chi connectivity index (χ4v) is 14.1. The number of hydrogen-bond acceptors (Lipinski definition) is 15. The minimum Gasteiger partial charge on any atom is -0.467 e. The van der Waals surface area contributed by atoms with Gasteiger partial charge in [0.05, 0.1) is 49.5 Å². The van der Waals surface area contributed by atoms with E-state index < -0.39 is 117 Å². The van der Waals surface area contributed by atoms with Gasteiger partial charge in [-0.2, -0.15) is 0 Å². The summed E-state index contributed by atoms with van der Waals surface area (Å²) in [5.74, 6) is -6.28. The molecule has 5 aliphatic rings. The number of esters is 5. The van der Waals surface area contributed by atoms with Crippen LogP contribution >= 0.6 is 15.9 Å². The lowest BCUT2D eigenvalue weighted by Crippen LogP contribution is -2.84. The highest BCUT2D eigenvalue weighted by Gasteiger charge is 2.91. The fourth-order valence-electron chi connectivity index (χ4n) is 13.7. The third-order valence-corrected chi connectivity index (χ3v) is 16.6. The first-order chi connectivity index (χ1) is 28.5. The topological polar surface area (TPSA) is 192 Å². The minimum absolute atomic E-state index is 0.0281. The summed E-state index contributed by atoms with van der Waals surface area (Å²) in [5.41, 5.74) is -8.17. The molecule has 16 atom stereocenters. The molecule has 0 amide bonds. The van der Waals surface area contributed by atoms with Crippen molar-refractivity contribution >= 4 is 45.8 Å². The summed E-state index contributed by atoms with van der Waals surface area (Å²) in [5, 5.41) is 13.8. The van der Waals surface area contributed by atoms with Crippen molar-refractivity contribution in [3.05, 3.63) is 34.3 Å². The molecule has 4 aliphatic carbocycles. The third-order valence-electron chi connectivity index (χ3n) is 15.8. The Morgan fingerprint density at radius 3 is 2.02 bits per heavy atom. The van der Waals surface area contributed by atoms with Gasteiger partial charge in [0.15, 0.2) is 6.10 Å². The molecule has 0 aromatic heterocycles. The maximum absolute atomic E-state index is 14.1. The maximum Gasteiger partial charge on any atom is 0.341 e. The van der Waals surface area contributed by atoms with E-state index in [0.29, 0.717) is 12.8 Å². The van der Waals surface area contributed by atoms with Crippen LogP contribution in [-0.4, -0.2) is 117 Å². The third kappa shape index (κ3) is 6.86. The molecule has 1 heterocycles. The largest absolute Gasteiger partial charge is 0.467 e. The highest BCUT2D eigenvalue weighted by atomic mass is 79.9. The highest BCUT2D eigenvalue weighted by Crippen LogP contribution is 2.78. The van der Waals surface area contributed by atoms with Gasteiger partial charge in [-0.3, -0.25) is 19.2 Å². The van der Waals surface area contributed by atoms with Gasteiger partial charge < -0.3 is 47.7 Å². The standard InChI is InChI=1S/C45H63BrO15/c1-23-19-44(52)31-17-18-40(7)32(21-53-10)43(22-54-11,24(2)56-20-29-15-13-14-16-30(29)46)36(58-26(4)48)33(57-25(3)47)34(40)41(31,8)37(59-27(5)49)38(60-28(6)50)42(44,9)45(35(23)61-45)39(51)55-12/h13-16,23-24,31-38,52H,17-22H2,1-12H3/t23-,24+,31+,32-,33-,34-,35+,36-,37+,38-,40-,41-,42+,43+,44+,45-/m0/s1. The summed E-state index contributed by atoms with van der Waals surface area (Å²) in [6.07, 6.45) is -6.09. The van der Waals surface area contributed by atoms with E-state index in [1.807, 2.05) is 45.0 Å². The molecule has 0 unspecified atom stereocenters. The zero-order valence-corrected chi connectivity index (χ0v) is 39.0. The van der Waals surface area contributed by atoms with Gasteiger partial charge in [0.25, 0.3) is 0 Å². The van der Waals surface area contributed by atoms with Crippen LogP contribution in [0.4, 0.5) is 0 Å². The minimum atomic E-state index is -1.85. The predicted octanol–water partition coefficient (Wildman–Crippen LogP) is 5.13. The summed E-state index contributed by atoms with van der Waals surface area (Å²) in [4.78, 5) is 68.1. The average Bonchev–Trinajstić information content (AvgIpc) is 3.95. The first-order valence-corrected chi connectivity index (χ1v) is 21.8. The van der Waals surface area contributed by atoms with Gasteiger partial charge in [-0.15, -0.1) is 0 Å². The second-order valence-corrected chi connectivity index (χ2v) is 19.6. The Morgan fingerprint density at radius 2 is 1.46 bits per heavy atom. The normalized spacial score (nSPS) is 42.6. The molecule has 6 rings (SSSR count). The van der Waals surface area contributed by atoms with Crippen LogP contribution in [0.3, 0.4) is 0 Å². The van der Waals surface area contributed by atoms with E-state index in [2.05, 4.69) is 22.9 Å². The number of aliphatic hydroxyl groups is 1. The number of hydrogen-bond donors (Lipinski definition) is 1. The second kappa shape index (κ2) is 16.8. The van der Waals surface area contributed by atoms with Crippen LogP contribution < -0.4 is 0 Å². The summed E-state index contributed by atoms with van der Waals surface area (Å²) in [6, 6.07) is 7.64. The fraction of sp³-hybridized carbons (Fsp3) is 0.756. The Hall–Kier alpha value is -3.15. The molecular formula is C45H63BrO15. The predicted molar refractivity (Wildman–Crippen MR) is 219 cm³/mol. The van der Waals surface area contributed by atoms with Crippen LogP contribution in [0.25, 0.3) is 0 Å².